The molecule has 0 radical (unpaired) electrons. The van der Waals surface area contributed by atoms with Crippen molar-refractivity contribution in [2.75, 3.05) is 6.61 Å². The van der Waals surface area contributed by atoms with Gasteiger partial charge >= 0.3 is 0 Å². The van der Waals surface area contributed by atoms with E-state index in [9.17, 15) is 10.2 Å². The summed E-state index contributed by atoms with van der Waals surface area (Å²) in [7, 11) is 0. The van der Waals surface area contributed by atoms with Crippen molar-refractivity contribution >= 4 is 0 Å². The van der Waals surface area contributed by atoms with Crippen molar-refractivity contribution < 1.29 is 14.9 Å². The number of hydrogen-bond acceptors (Lipinski definition) is 3. The molecule has 0 aromatic rings. The van der Waals surface area contributed by atoms with E-state index < -0.39 is 5.60 Å². The van der Waals surface area contributed by atoms with Crippen molar-refractivity contribution in [3.8, 4) is 0 Å². The highest BCUT2D eigenvalue weighted by atomic mass is 16.5. The predicted octanol–water partition coefficient (Wildman–Crippen LogP) is 5.57. The number of fused-ring (bicyclic) bond motifs is 5. The molecule has 0 aromatic heterocycles. The Morgan fingerprint density at radius 3 is 2.38 bits per heavy atom. The van der Waals surface area contributed by atoms with E-state index in [2.05, 4.69) is 27.7 Å². The first-order valence-corrected chi connectivity index (χ1v) is 12.7. The summed E-state index contributed by atoms with van der Waals surface area (Å²) in [5.41, 5.74) is 0.156. The van der Waals surface area contributed by atoms with Gasteiger partial charge in [-0.15, -0.1) is 0 Å². The average molecular weight is 407 g/mol. The quantitative estimate of drug-likeness (QED) is 0.627. The van der Waals surface area contributed by atoms with Gasteiger partial charge in [-0.05, 0) is 125 Å². The first-order valence-electron chi connectivity index (χ1n) is 12.7. The average Bonchev–Trinajstić information content (AvgIpc) is 3.03. The van der Waals surface area contributed by atoms with E-state index in [0.717, 1.165) is 30.6 Å². The fourth-order valence-corrected chi connectivity index (χ4v) is 9.12. The van der Waals surface area contributed by atoms with E-state index in [1.807, 2.05) is 6.92 Å². The van der Waals surface area contributed by atoms with Gasteiger partial charge in [0.05, 0.1) is 24.4 Å². The molecule has 29 heavy (non-hydrogen) atoms. The smallest absolute Gasteiger partial charge is 0.0883 e. The topological polar surface area (TPSA) is 49.7 Å². The third-order valence-electron chi connectivity index (χ3n) is 10.5. The number of aliphatic hydroxyl groups is 2. The van der Waals surface area contributed by atoms with Gasteiger partial charge < -0.3 is 14.9 Å². The fraction of sp³-hybridized carbons (Fsp3) is 1.00. The molecule has 3 unspecified atom stereocenters. The van der Waals surface area contributed by atoms with Gasteiger partial charge in [0.2, 0.25) is 0 Å². The van der Waals surface area contributed by atoms with Gasteiger partial charge in [-0.1, -0.05) is 13.8 Å². The van der Waals surface area contributed by atoms with Gasteiger partial charge in [0, 0.05) is 0 Å². The lowest BCUT2D eigenvalue weighted by Crippen LogP contribution is -2.58. The number of hydrogen-bond donors (Lipinski definition) is 2. The summed E-state index contributed by atoms with van der Waals surface area (Å²) < 4.78 is 5.87. The van der Waals surface area contributed by atoms with Crippen LogP contribution in [0.5, 0.6) is 0 Å². The standard InChI is InChI=1S/C26H46O3/c1-6-26-14-13-25(28,16-29-17(2)3)15-19(26)7-8-20-22-10-9-21(18(4)27)24(22,5)12-11-23(20)26/h17-23,27-28H,6-16H2,1-5H3/t18?,19-,20-,21+,22?,23?,24+,25+,26-/m0/s1. The van der Waals surface area contributed by atoms with Crippen molar-refractivity contribution in [2.45, 2.75) is 117 Å². The fourth-order valence-electron chi connectivity index (χ4n) is 9.12. The molecule has 4 rings (SSSR count). The highest BCUT2D eigenvalue weighted by Gasteiger charge is 2.62. The van der Waals surface area contributed by atoms with Crippen LogP contribution in [-0.4, -0.2) is 34.6 Å². The molecule has 0 spiro atoms. The molecule has 4 aliphatic rings. The van der Waals surface area contributed by atoms with Crippen LogP contribution in [0.4, 0.5) is 0 Å². The lowest BCUT2D eigenvalue weighted by molar-refractivity contribution is -0.178. The van der Waals surface area contributed by atoms with E-state index in [0.29, 0.717) is 29.3 Å². The van der Waals surface area contributed by atoms with Crippen molar-refractivity contribution in [2.24, 2.45) is 40.4 Å². The lowest BCUT2D eigenvalue weighted by atomic mass is 9.42. The summed E-state index contributed by atoms with van der Waals surface area (Å²) in [5, 5.41) is 21.7. The summed E-state index contributed by atoms with van der Waals surface area (Å²) in [5.74, 6) is 3.62. The van der Waals surface area contributed by atoms with Crippen molar-refractivity contribution in [3.63, 3.8) is 0 Å². The minimum Gasteiger partial charge on any atom is -0.393 e. The Morgan fingerprint density at radius 1 is 0.966 bits per heavy atom. The Hall–Kier alpha value is -0.120. The summed E-state index contributed by atoms with van der Waals surface area (Å²) in [4.78, 5) is 0. The van der Waals surface area contributed by atoms with Gasteiger partial charge in [-0.25, -0.2) is 0 Å². The second-order valence-corrected chi connectivity index (χ2v) is 12.0. The Labute approximate surface area is 179 Å². The Morgan fingerprint density at radius 2 is 1.72 bits per heavy atom. The predicted molar refractivity (Wildman–Crippen MR) is 118 cm³/mol. The Kier molecular flexibility index (Phi) is 5.93. The van der Waals surface area contributed by atoms with Crippen LogP contribution >= 0.6 is 0 Å². The summed E-state index contributed by atoms with van der Waals surface area (Å²) in [6.07, 6.45) is 12.1. The van der Waals surface area contributed by atoms with Crippen LogP contribution in [0.15, 0.2) is 0 Å². The monoisotopic (exact) mass is 406 g/mol. The molecule has 0 aliphatic heterocycles. The molecule has 4 saturated carbocycles. The summed E-state index contributed by atoms with van der Waals surface area (Å²) in [6.45, 7) is 11.6. The third-order valence-corrected chi connectivity index (χ3v) is 10.5. The molecule has 9 atom stereocenters. The van der Waals surface area contributed by atoms with Crippen LogP contribution in [0.3, 0.4) is 0 Å². The summed E-state index contributed by atoms with van der Waals surface area (Å²) >= 11 is 0. The van der Waals surface area contributed by atoms with Gasteiger partial charge in [0.25, 0.3) is 0 Å². The van der Waals surface area contributed by atoms with Crippen molar-refractivity contribution in [1.82, 2.24) is 0 Å². The molecule has 4 fully saturated rings. The first-order chi connectivity index (χ1) is 13.7. The molecule has 0 aromatic carbocycles. The highest BCUT2D eigenvalue weighted by molar-refractivity contribution is 5.11. The van der Waals surface area contributed by atoms with Crippen LogP contribution in [0.2, 0.25) is 0 Å². The zero-order valence-electron chi connectivity index (χ0n) is 19.6. The molecule has 0 bridgehead atoms. The SMILES string of the molecule is CC[C@]12CC[C@](O)(COC(C)C)C[C@@H]1CC[C@@H]1C2CC[C@@]2(C)C1CC[C@@H]2C(C)O. The van der Waals surface area contributed by atoms with E-state index in [-0.39, 0.29) is 12.2 Å². The van der Waals surface area contributed by atoms with Gasteiger partial charge in [-0.3, -0.25) is 0 Å². The second kappa shape index (κ2) is 7.78. The molecule has 4 aliphatic carbocycles. The van der Waals surface area contributed by atoms with E-state index in [1.165, 1.54) is 51.4 Å². The largest absolute Gasteiger partial charge is 0.393 e. The van der Waals surface area contributed by atoms with Crippen LogP contribution in [0.25, 0.3) is 0 Å². The zero-order chi connectivity index (χ0) is 21.0. The zero-order valence-corrected chi connectivity index (χ0v) is 19.6. The molecule has 2 N–H and O–H groups in total. The minimum absolute atomic E-state index is 0.163. The van der Waals surface area contributed by atoms with Crippen LogP contribution in [0, 0.1) is 40.4 Å². The van der Waals surface area contributed by atoms with Crippen molar-refractivity contribution in [3.05, 3.63) is 0 Å². The molecule has 0 saturated heterocycles. The third kappa shape index (κ3) is 3.52. The van der Waals surface area contributed by atoms with Crippen molar-refractivity contribution in [1.29, 1.82) is 0 Å². The molecule has 0 heterocycles. The van der Waals surface area contributed by atoms with Gasteiger partial charge in [0.1, 0.15) is 0 Å². The van der Waals surface area contributed by atoms with Gasteiger partial charge in [0.15, 0.2) is 0 Å². The molecular weight excluding hydrogens is 360 g/mol. The number of ether oxygens (including phenoxy) is 1. The number of rotatable bonds is 5. The molecule has 3 heteroatoms. The molecule has 3 nitrogen and oxygen atoms in total. The Balaban J connectivity index is 1.54. The normalized spacial score (nSPS) is 50.7. The first kappa shape index (κ1) is 22.1. The molecule has 168 valence electrons. The van der Waals surface area contributed by atoms with E-state index >= 15 is 0 Å². The van der Waals surface area contributed by atoms with E-state index in [1.54, 1.807) is 0 Å². The maximum Gasteiger partial charge on any atom is 0.0883 e. The summed E-state index contributed by atoms with van der Waals surface area (Å²) in [6, 6.07) is 0. The van der Waals surface area contributed by atoms with Gasteiger partial charge in [-0.2, -0.15) is 0 Å². The lowest BCUT2D eigenvalue weighted by Gasteiger charge is -2.63. The molecular formula is C26H46O3. The molecule has 0 amide bonds. The highest BCUT2D eigenvalue weighted by Crippen LogP contribution is 2.69. The maximum absolute atomic E-state index is 11.3. The van der Waals surface area contributed by atoms with E-state index in [4.69, 9.17) is 4.74 Å². The van der Waals surface area contributed by atoms with Crippen LogP contribution in [-0.2, 0) is 4.74 Å². The van der Waals surface area contributed by atoms with Crippen LogP contribution < -0.4 is 0 Å². The maximum atomic E-state index is 11.3. The second-order valence-electron chi connectivity index (χ2n) is 12.0. The van der Waals surface area contributed by atoms with Crippen LogP contribution in [0.1, 0.15) is 98.8 Å². The Bertz CT molecular complexity index is 589. The minimum atomic E-state index is -0.617. The number of aliphatic hydroxyl groups excluding tert-OH is 1.